The molecule has 0 saturated carbocycles. The van der Waals surface area contributed by atoms with Crippen molar-refractivity contribution in [1.29, 1.82) is 0 Å². The van der Waals surface area contributed by atoms with Crippen LogP contribution in [-0.2, 0) is 20.1 Å². The van der Waals surface area contributed by atoms with Crippen LogP contribution in [0.1, 0.15) is 87.0 Å². The number of hydrogen-bond donors (Lipinski definition) is 0. The molecule has 0 atom stereocenters. The van der Waals surface area contributed by atoms with Crippen LogP contribution in [0.15, 0.2) is 120 Å². The largest absolute Gasteiger partial charge is 0.501 e. The van der Waals surface area contributed by atoms with Crippen molar-refractivity contribution in [3.8, 4) is 28.3 Å². The Morgan fingerprint density at radius 2 is 1.47 bits per heavy atom. The zero-order valence-electron chi connectivity index (χ0n) is 33.7. The number of aryl methyl sites for hydroxylation is 1. The molecule has 0 aliphatic heterocycles. The van der Waals surface area contributed by atoms with Gasteiger partial charge in [-0.15, -0.1) is 54.1 Å². The van der Waals surface area contributed by atoms with Crippen LogP contribution in [0.5, 0.6) is 0 Å². The van der Waals surface area contributed by atoms with Crippen molar-refractivity contribution >= 4 is 33.0 Å². The fraction of sp³-hybridized carbons (Fsp3) is 0.217. The predicted octanol–water partition coefficient (Wildman–Crippen LogP) is 12.6. The van der Waals surface area contributed by atoms with Crippen LogP contribution in [0.2, 0.25) is 0 Å². The molecule has 259 valence electrons. The molecule has 5 heteroatoms. The van der Waals surface area contributed by atoms with Crippen LogP contribution in [0.3, 0.4) is 0 Å². The first-order chi connectivity index (χ1) is 25.7. The third kappa shape index (κ3) is 6.94. The molecule has 3 heterocycles. The van der Waals surface area contributed by atoms with E-state index in [0.29, 0.717) is 23.1 Å². The third-order valence-electron chi connectivity index (χ3n) is 9.12. The molecule has 0 amide bonds. The average Bonchev–Trinajstić information content (AvgIpc) is 3.73. The number of furan rings is 1. The molecule has 0 fully saturated rings. The van der Waals surface area contributed by atoms with Gasteiger partial charge in [0, 0.05) is 42.9 Å². The minimum atomic E-state index is -2.26. The molecule has 4 nitrogen and oxygen atoms in total. The van der Waals surface area contributed by atoms with Crippen molar-refractivity contribution < 1.29 is 30.0 Å². The van der Waals surface area contributed by atoms with E-state index in [0.717, 1.165) is 49.9 Å². The number of fused-ring (bicyclic) bond motifs is 4. The Kier molecular flexibility index (Phi) is 9.22. The van der Waals surface area contributed by atoms with Gasteiger partial charge < -0.3 is 14.0 Å². The summed E-state index contributed by atoms with van der Waals surface area (Å²) >= 11 is 0. The molecule has 0 N–H and O–H groups in total. The fourth-order valence-electron chi connectivity index (χ4n) is 6.62. The second-order valence-corrected chi connectivity index (χ2v) is 13.4. The normalized spacial score (nSPS) is 13.0. The molecule has 1 radical (unpaired) electrons. The molecule has 3 aromatic heterocycles. The molecule has 0 saturated heterocycles. The van der Waals surface area contributed by atoms with Crippen molar-refractivity contribution in [1.82, 2.24) is 14.5 Å². The maximum atomic E-state index is 8.16. The van der Waals surface area contributed by atoms with Crippen LogP contribution in [0, 0.1) is 19.0 Å². The van der Waals surface area contributed by atoms with E-state index in [9.17, 15) is 0 Å². The molecule has 5 aromatic carbocycles. The quantitative estimate of drug-likeness (QED) is 0.157. The van der Waals surface area contributed by atoms with Gasteiger partial charge in [-0.1, -0.05) is 107 Å². The van der Waals surface area contributed by atoms with Gasteiger partial charge in [0.15, 0.2) is 0 Å². The minimum Gasteiger partial charge on any atom is -0.501 e. The second-order valence-electron chi connectivity index (χ2n) is 13.4. The molecule has 8 aromatic rings. The summed E-state index contributed by atoms with van der Waals surface area (Å²) in [7, 11) is 0. The number of para-hydroxylation sites is 4. The first kappa shape index (κ1) is 30.9. The standard InChI is InChI=1S/C31H27N2O.C15H16N.Ir/c1-19(2)21-12-9-13-22(20(3)4)29(21)33-27-17-7-6-16-26(27)32-31(33)25-15-10-14-24-23-11-5-8-18-28(23)34-30(24)25;1-11(2)14-9-15(16-10-12(14)3)13-7-5-4-6-8-13;/h5-14,16-20H,1-4H3;4-7,9-11H,1-3H3;/q2*-1;/i;3D3,11D;. The number of rotatable bonds is 6. The van der Waals surface area contributed by atoms with E-state index in [2.05, 4.69) is 104 Å². The first-order valence-electron chi connectivity index (χ1n) is 19.1. The number of benzene rings is 5. The Balaban J connectivity index is 0.000000211. The zero-order chi connectivity index (χ0) is 38.4. The molecule has 0 bridgehead atoms. The second kappa shape index (κ2) is 15.2. The predicted molar refractivity (Wildman–Crippen MR) is 208 cm³/mol. The number of pyridine rings is 1. The van der Waals surface area contributed by atoms with E-state index >= 15 is 0 Å². The Morgan fingerprint density at radius 3 is 2.18 bits per heavy atom. The topological polar surface area (TPSA) is 43.9 Å². The van der Waals surface area contributed by atoms with Gasteiger partial charge in [0.1, 0.15) is 5.58 Å². The van der Waals surface area contributed by atoms with Crippen molar-refractivity contribution in [2.24, 2.45) is 0 Å². The summed E-state index contributed by atoms with van der Waals surface area (Å²) in [5, 5.41) is 2.20. The maximum Gasteiger partial charge on any atom is 0.120 e. The third-order valence-corrected chi connectivity index (χ3v) is 9.12. The van der Waals surface area contributed by atoms with Crippen LogP contribution in [0.25, 0.3) is 61.3 Å². The van der Waals surface area contributed by atoms with Gasteiger partial charge in [-0.25, -0.2) is 0 Å². The molecule has 0 spiro atoms. The van der Waals surface area contributed by atoms with E-state index in [4.69, 9.17) is 14.9 Å². The Morgan fingerprint density at radius 1 is 0.745 bits per heavy atom. The van der Waals surface area contributed by atoms with Gasteiger partial charge in [-0.3, -0.25) is 4.98 Å². The zero-order valence-corrected chi connectivity index (χ0v) is 32.1. The summed E-state index contributed by atoms with van der Waals surface area (Å²) in [5.74, 6) is 0.596. The number of imidazole rings is 1. The SMILES string of the molecule is CC(C)c1cccc(C(C)C)c1-n1c(-c2[c-]ccc3c2oc2ccccc23)nc2ccccc21.[2H]C([2H])([2H])c1cnc(-c2[c-]cccc2)cc1C([2H])(C)C.[Ir]. The summed E-state index contributed by atoms with van der Waals surface area (Å²) in [6, 6.07) is 42.9. The molecular weight excluding hydrogens is 803 g/mol. The summed E-state index contributed by atoms with van der Waals surface area (Å²) in [6.45, 7) is 10.1. The summed E-state index contributed by atoms with van der Waals surface area (Å²) in [5.41, 5.74) is 10.5. The van der Waals surface area contributed by atoms with Crippen molar-refractivity contribution in [3.63, 3.8) is 0 Å². The monoisotopic (exact) mass is 850 g/mol. The van der Waals surface area contributed by atoms with E-state index in [1.807, 2.05) is 42.5 Å². The summed E-state index contributed by atoms with van der Waals surface area (Å²) in [6.07, 6.45) is 1.36. The van der Waals surface area contributed by atoms with E-state index in [1.165, 1.54) is 23.0 Å². The van der Waals surface area contributed by atoms with Crippen molar-refractivity contribution in [3.05, 3.63) is 150 Å². The Bertz CT molecular complexity index is 2570. The van der Waals surface area contributed by atoms with Crippen molar-refractivity contribution in [2.45, 2.75) is 66.1 Å². The number of hydrogen-bond acceptors (Lipinski definition) is 3. The van der Waals surface area contributed by atoms with Gasteiger partial charge in [0.2, 0.25) is 0 Å². The molecule has 51 heavy (non-hydrogen) atoms. The number of aromatic nitrogens is 3. The molecule has 0 unspecified atom stereocenters. The van der Waals surface area contributed by atoms with E-state index in [1.54, 1.807) is 26.0 Å². The molecule has 0 aliphatic carbocycles. The average molecular weight is 850 g/mol. The molecular formula is C46H43IrN3O-2. The van der Waals surface area contributed by atoms with Crippen LogP contribution in [-0.4, -0.2) is 14.5 Å². The summed E-state index contributed by atoms with van der Waals surface area (Å²) < 4.78 is 39.6. The first-order valence-corrected chi connectivity index (χ1v) is 17.1. The summed E-state index contributed by atoms with van der Waals surface area (Å²) in [4.78, 5) is 9.37. The molecule has 0 aliphatic rings. The smallest absolute Gasteiger partial charge is 0.120 e. The van der Waals surface area contributed by atoms with Gasteiger partial charge in [-0.05, 0) is 70.7 Å². The fourth-order valence-corrected chi connectivity index (χ4v) is 6.62. The van der Waals surface area contributed by atoms with Crippen LogP contribution < -0.4 is 0 Å². The van der Waals surface area contributed by atoms with Gasteiger partial charge in [0.25, 0.3) is 0 Å². The van der Waals surface area contributed by atoms with Gasteiger partial charge >= 0.3 is 0 Å². The maximum absolute atomic E-state index is 8.16. The van der Waals surface area contributed by atoms with E-state index in [-0.39, 0.29) is 25.7 Å². The Hall–Kier alpha value is -4.83. The molecule has 8 rings (SSSR count). The van der Waals surface area contributed by atoms with Crippen molar-refractivity contribution in [2.75, 3.05) is 0 Å². The van der Waals surface area contributed by atoms with Crippen LogP contribution in [0.4, 0.5) is 0 Å². The van der Waals surface area contributed by atoms with Gasteiger partial charge in [-0.2, -0.15) is 0 Å². The Labute approximate surface area is 320 Å². The van der Waals surface area contributed by atoms with E-state index < -0.39 is 12.7 Å². The number of nitrogens with zero attached hydrogens (tertiary/aromatic N) is 3. The van der Waals surface area contributed by atoms with Gasteiger partial charge in [0.05, 0.1) is 22.4 Å². The van der Waals surface area contributed by atoms with Crippen LogP contribution >= 0.6 is 0 Å². The minimum absolute atomic E-state index is 0.